The maximum absolute atomic E-state index is 14.5. The molecule has 42 heavy (non-hydrogen) atoms. The van der Waals surface area contributed by atoms with Gasteiger partial charge in [-0.25, -0.2) is 0 Å². The Morgan fingerprint density at radius 3 is 2.05 bits per heavy atom. The van der Waals surface area contributed by atoms with Crippen molar-refractivity contribution in [2.75, 3.05) is 19.7 Å². The zero-order valence-corrected chi connectivity index (χ0v) is 25.4. The first kappa shape index (κ1) is 30.2. The van der Waals surface area contributed by atoms with Crippen LogP contribution in [0.25, 0.3) is 0 Å². The summed E-state index contributed by atoms with van der Waals surface area (Å²) >= 11 is 3.75. The molecule has 3 amide bonds. The Morgan fingerprint density at radius 2 is 1.55 bits per heavy atom. The number of fused-ring (bicyclic) bond motifs is 1. The Bertz CT molecular complexity index is 1320. The van der Waals surface area contributed by atoms with E-state index in [0.717, 1.165) is 11.1 Å². The van der Waals surface area contributed by atoms with Crippen molar-refractivity contribution >= 4 is 33.7 Å². The van der Waals surface area contributed by atoms with Crippen molar-refractivity contribution in [2.45, 2.75) is 55.0 Å². The summed E-state index contributed by atoms with van der Waals surface area (Å²) < 4.78 is 6.68. The first-order chi connectivity index (χ1) is 20.3. The third-order valence-electron chi connectivity index (χ3n) is 8.74. The van der Waals surface area contributed by atoms with E-state index in [1.807, 2.05) is 60.7 Å². The van der Waals surface area contributed by atoms with Gasteiger partial charge in [0.1, 0.15) is 11.6 Å². The molecule has 1 spiro atoms. The van der Waals surface area contributed by atoms with Gasteiger partial charge >= 0.3 is 0 Å². The maximum atomic E-state index is 14.5. The van der Waals surface area contributed by atoms with E-state index in [0.29, 0.717) is 26.1 Å². The van der Waals surface area contributed by atoms with Crippen molar-refractivity contribution in [2.24, 2.45) is 11.8 Å². The van der Waals surface area contributed by atoms with Crippen LogP contribution in [0, 0.1) is 11.8 Å². The maximum Gasteiger partial charge on any atom is 0.249 e. The summed E-state index contributed by atoms with van der Waals surface area (Å²) in [5, 5.41) is 10.2. The SMILES string of the molecule is C=CCN(Cc1ccccc1)C(=O)C1N([C@H](C)CO)C(=O)[C@@H]2[C@@H](C(=O)N(CC=C)Cc3ccccc3)[C@@H]3OC12CC3Br. The number of ether oxygens (including phenoxy) is 1. The topological polar surface area (TPSA) is 90.4 Å². The molecule has 222 valence electrons. The summed E-state index contributed by atoms with van der Waals surface area (Å²) in [5.74, 6) is -2.45. The number of rotatable bonds is 12. The summed E-state index contributed by atoms with van der Waals surface area (Å²) in [5.41, 5.74) is 0.695. The highest BCUT2D eigenvalue weighted by molar-refractivity contribution is 9.09. The smallest absolute Gasteiger partial charge is 0.249 e. The largest absolute Gasteiger partial charge is 0.394 e. The average molecular weight is 637 g/mol. The molecule has 1 N–H and O–H groups in total. The molecule has 0 saturated carbocycles. The molecule has 0 aliphatic carbocycles. The zero-order valence-electron chi connectivity index (χ0n) is 23.8. The van der Waals surface area contributed by atoms with Crippen molar-refractivity contribution in [3.05, 3.63) is 97.1 Å². The molecule has 3 aliphatic heterocycles. The van der Waals surface area contributed by atoms with Gasteiger partial charge in [-0.3, -0.25) is 14.4 Å². The molecular weight excluding hydrogens is 598 g/mol. The highest BCUT2D eigenvalue weighted by atomic mass is 79.9. The van der Waals surface area contributed by atoms with Crippen LogP contribution in [0.4, 0.5) is 0 Å². The molecule has 9 heteroatoms. The monoisotopic (exact) mass is 635 g/mol. The first-order valence-electron chi connectivity index (χ1n) is 14.4. The lowest BCUT2D eigenvalue weighted by Crippen LogP contribution is -2.58. The highest BCUT2D eigenvalue weighted by Crippen LogP contribution is 2.60. The van der Waals surface area contributed by atoms with Gasteiger partial charge in [0.15, 0.2) is 0 Å². The van der Waals surface area contributed by atoms with Crippen LogP contribution in [0.15, 0.2) is 86.0 Å². The Balaban J connectivity index is 1.53. The summed E-state index contributed by atoms with van der Waals surface area (Å²) in [6, 6.07) is 17.7. The number of aliphatic hydroxyl groups excluding tert-OH is 1. The molecule has 8 nitrogen and oxygen atoms in total. The molecule has 2 bridgehead atoms. The van der Waals surface area contributed by atoms with Crippen LogP contribution in [0.2, 0.25) is 0 Å². The van der Waals surface area contributed by atoms with Gasteiger partial charge in [0, 0.05) is 31.0 Å². The Labute approximate surface area is 255 Å². The number of carbonyl (C=O) groups is 3. The van der Waals surface area contributed by atoms with Gasteiger partial charge in [0.25, 0.3) is 0 Å². The second-order valence-corrected chi connectivity index (χ2v) is 12.6. The predicted molar refractivity (Wildman–Crippen MR) is 163 cm³/mol. The third kappa shape index (κ3) is 5.23. The molecule has 3 unspecified atom stereocenters. The van der Waals surface area contributed by atoms with E-state index < -0.39 is 35.6 Å². The summed E-state index contributed by atoms with van der Waals surface area (Å²) in [4.78, 5) is 47.8. The van der Waals surface area contributed by atoms with Crippen molar-refractivity contribution in [1.82, 2.24) is 14.7 Å². The lowest BCUT2D eigenvalue weighted by molar-refractivity contribution is -0.151. The molecule has 3 fully saturated rings. The Kier molecular flexibility index (Phi) is 9.01. The minimum absolute atomic E-state index is 0.204. The van der Waals surface area contributed by atoms with Gasteiger partial charge in [-0.15, -0.1) is 13.2 Å². The summed E-state index contributed by atoms with van der Waals surface area (Å²) in [6.45, 7) is 10.4. The summed E-state index contributed by atoms with van der Waals surface area (Å²) in [6.07, 6.45) is 3.17. The molecule has 0 radical (unpaired) electrons. The number of benzene rings is 2. The molecule has 0 aromatic heterocycles. The van der Waals surface area contributed by atoms with Crippen LogP contribution in [0.1, 0.15) is 24.5 Å². The van der Waals surface area contributed by atoms with Crippen molar-refractivity contribution in [3.63, 3.8) is 0 Å². The van der Waals surface area contributed by atoms with Crippen LogP contribution in [-0.4, -0.2) is 85.8 Å². The molecule has 3 heterocycles. The summed E-state index contributed by atoms with van der Waals surface area (Å²) in [7, 11) is 0. The van der Waals surface area contributed by atoms with Gasteiger partial charge in [0.05, 0.1) is 30.6 Å². The molecule has 2 aromatic rings. The molecule has 7 atom stereocenters. The van der Waals surface area contributed by atoms with Gasteiger partial charge in [-0.1, -0.05) is 88.7 Å². The van der Waals surface area contributed by atoms with E-state index in [4.69, 9.17) is 4.74 Å². The predicted octanol–water partition coefficient (Wildman–Crippen LogP) is 3.54. The van der Waals surface area contributed by atoms with E-state index in [1.165, 1.54) is 4.90 Å². The molecule has 3 saturated heterocycles. The average Bonchev–Trinajstić information content (AvgIpc) is 3.60. The van der Waals surface area contributed by atoms with E-state index in [2.05, 4.69) is 29.1 Å². The zero-order chi connectivity index (χ0) is 30.0. The van der Waals surface area contributed by atoms with Crippen molar-refractivity contribution in [3.8, 4) is 0 Å². The van der Waals surface area contributed by atoms with E-state index in [9.17, 15) is 19.5 Å². The third-order valence-corrected chi connectivity index (χ3v) is 9.58. The minimum Gasteiger partial charge on any atom is -0.394 e. The normalized spacial score (nSPS) is 28.3. The molecule has 2 aromatic carbocycles. The van der Waals surface area contributed by atoms with Crippen LogP contribution < -0.4 is 0 Å². The van der Waals surface area contributed by atoms with Crippen LogP contribution in [0.5, 0.6) is 0 Å². The van der Waals surface area contributed by atoms with Crippen LogP contribution in [0.3, 0.4) is 0 Å². The minimum atomic E-state index is -1.21. The van der Waals surface area contributed by atoms with Gasteiger partial charge < -0.3 is 24.5 Å². The fraction of sp³-hybridized carbons (Fsp3) is 0.424. The van der Waals surface area contributed by atoms with Crippen LogP contribution >= 0.6 is 15.9 Å². The Hall–Kier alpha value is -3.27. The standard InChI is InChI=1S/C33H38BrN3O5/c1-4-16-35(19-23-12-8-6-9-13-23)30(39)26-27-31(40)37(22(3)21-38)29(33(27)18-25(34)28(26)42-33)32(41)36(17-5-2)20-24-14-10-7-11-15-24/h4-15,22,25-29,38H,1-2,16-21H2,3H3/t22-,25?,26-,27+,28-,29?,33?/m1/s1. The van der Waals surface area contributed by atoms with E-state index in [1.54, 1.807) is 28.9 Å². The number of nitrogens with zero attached hydrogens (tertiary/aromatic N) is 3. The number of alkyl halides is 1. The van der Waals surface area contributed by atoms with Crippen molar-refractivity contribution < 1.29 is 24.2 Å². The van der Waals surface area contributed by atoms with Gasteiger partial charge in [0.2, 0.25) is 17.7 Å². The lowest BCUT2D eigenvalue weighted by Gasteiger charge is -2.38. The molecule has 5 rings (SSSR count). The number of hydrogen-bond donors (Lipinski definition) is 1. The number of likely N-dealkylation sites (tertiary alicyclic amines) is 1. The lowest BCUT2D eigenvalue weighted by atomic mass is 9.70. The number of amides is 3. The second kappa shape index (κ2) is 12.5. The number of halogens is 1. The van der Waals surface area contributed by atoms with E-state index in [-0.39, 0.29) is 35.7 Å². The quantitative estimate of drug-likeness (QED) is 0.285. The van der Waals surface area contributed by atoms with E-state index >= 15 is 0 Å². The molecule has 3 aliphatic rings. The first-order valence-corrected chi connectivity index (χ1v) is 15.3. The number of hydrogen-bond acceptors (Lipinski definition) is 5. The highest BCUT2D eigenvalue weighted by Gasteiger charge is 2.77. The molecular formula is C33H38BrN3O5. The fourth-order valence-corrected chi connectivity index (χ4v) is 7.90. The van der Waals surface area contributed by atoms with Crippen molar-refractivity contribution in [1.29, 1.82) is 0 Å². The Morgan fingerprint density at radius 1 is 1.02 bits per heavy atom. The second-order valence-electron chi connectivity index (χ2n) is 11.4. The van der Waals surface area contributed by atoms with Gasteiger partial charge in [-0.05, 0) is 24.5 Å². The number of aliphatic hydroxyl groups is 1. The number of carbonyl (C=O) groups excluding carboxylic acids is 3. The van der Waals surface area contributed by atoms with Crippen LogP contribution in [-0.2, 0) is 32.2 Å². The fourth-order valence-electron chi connectivity index (χ4n) is 6.96. The van der Waals surface area contributed by atoms with Gasteiger partial charge in [-0.2, -0.15) is 0 Å².